The fourth-order valence-electron chi connectivity index (χ4n) is 2.26. The predicted molar refractivity (Wildman–Crippen MR) is 98.5 cm³/mol. The van der Waals surface area contributed by atoms with Gasteiger partial charge in [-0.3, -0.25) is 24.7 Å². The third kappa shape index (κ3) is 6.10. The average molecular weight is 397 g/mol. The summed E-state index contributed by atoms with van der Waals surface area (Å²) in [4.78, 5) is 49.3. The first-order valence-electron chi connectivity index (χ1n) is 8.19. The monoisotopic (exact) mass is 397 g/mol. The second kappa shape index (κ2) is 9.56. The van der Waals surface area contributed by atoms with Crippen molar-refractivity contribution >= 4 is 23.5 Å². The molecule has 0 saturated heterocycles. The van der Waals surface area contributed by atoms with Crippen LogP contribution in [0.3, 0.4) is 0 Å². The number of hydrogen-bond donors (Lipinski definition) is 3. The SMILES string of the molecule is N#CC[C@H](NC(=O)c1ccc(C[N+](=O)[O-])cn1)C(=O)Nc1ccc(C(=O)O)cc1. The smallest absolute Gasteiger partial charge is 0.335 e. The number of nitro groups is 1. The van der Waals surface area contributed by atoms with Crippen molar-refractivity contribution in [2.45, 2.75) is 19.0 Å². The van der Waals surface area contributed by atoms with Gasteiger partial charge in [0.2, 0.25) is 12.5 Å². The molecular weight excluding hydrogens is 382 g/mol. The number of nitrogens with one attached hydrogen (secondary N) is 2. The number of benzene rings is 1. The Morgan fingerprint density at radius 2 is 1.90 bits per heavy atom. The molecule has 0 aliphatic rings. The van der Waals surface area contributed by atoms with Gasteiger partial charge < -0.3 is 15.7 Å². The number of carboxylic acid groups (broad SMARTS) is 1. The van der Waals surface area contributed by atoms with Crippen molar-refractivity contribution in [3.8, 4) is 6.07 Å². The third-order valence-electron chi connectivity index (χ3n) is 3.69. The van der Waals surface area contributed by atoms with E-state index in [0.29, 0.717) is 11.3 Å². The Morgan fingerprint density at radius 1 is 1.21 bits per heavy atom. The molecule has 3 N–H and O–H groups in total. The zero-order chi connectivity index (χ0) is 21.4. The van der Waals surface area contributed by atoms with E-state index in [-0.39, 0.29) is 17.7 Å². The Bertz CT molecular complexity index is 966. The minimum atomic E-state index is -1.19. The number of carbonyl (C=O) groups excluding carboxylic acids is 2. The number of rotatable bonds is 8. The molecule has 29 heavy (non-hydrogen) atoms. The van der Waals surface area contributed by atoms with E-state index in [1.807, 2.05) is 0 Å². The van der Waals surface area contributed by atoms with Crippen molar-refractivity contribution in [3.05, 3.63) is 69.5 Å². The molecular formula is C18H15N5O6. The first kappa shape index (κ1) is 21.0. The molecule has 2 rings (SSSR count). The maximum atomic E-state index is 12.4. The van der Waals surface area contributed by atoms with E-state index in [0.717, 1.165) is 0 Å². The van der Waals surface area contributed by atoms with Gasteiger partial charge in [0.15, 0.2) is 0 Å². The lowest BCUT2D eigenvalue weighted by molar-refractivity contribution is -0.496. The van der Waals surface area contributed by atoms with Gasteiger partial charge in [-0.15, -0.1) is 0 Å². The maximum Gasteiger partial charge on any atom is 0.335 e. The predicted octanol–water partition coefficient (Wildman–Crippen LogP) is 1.21. The highest BCUT2D eigenvalue weighted by atomic mass is 16.6. The van der Waals surface area contributed by atoms with Crippen molar-refractivity contribution in [1.82, 2.24) is 10.3 Å². The number of hydrogen-bond acceptors (Lipinski definition) is 7. The summed E-state index contributed by atoms with van der Waals surface area (Å²) in [7, 11) is 0. The van der Waals surface area contributed by atoms with Crippen molar-refractivity contribution in [2.24, 2.45) is 0 Å². The molecule has 11 heteroatoms. The number of carbonyl (C=O) groups is 3. The number of nitriles is 1. The van der Waals surface area contributed by atoms with Gasteiger partial charge >= 0.3 is 5.97 Å². The highest BCUT2D eigenvalue weighted by Gasteiger charge is 2.22. The van der Waals surface area contributed by atoms with Crippen LogP contribution < -0.4 is 10.6 Å². The number of nitrogens with zero attached hydrogens (tertiary/aromatic N) is 3. The van der Waals surface area contributed by atoms with E-state index in [4.69, 9.17) is 10.4 Å². The van der Waals surface area contributed by atoms with Crippen LogP contribution in [-0.2, 0) is 11.3 Å². The number of aromatic nitrogens is 1. The molecule has 0 bridgehead atoms. The van der Waals surface area contributed by atoms with Crippen LogP contribution in [0, 0.1) is 21.4 Å². The summed E-state index contributed by atoms with van der Waals surface area (Å²) < 4.78 is 0. The van der Waals surface area contributed by atoms with Crippen LogP contribution in [0.15, 0.2) is 42.6 Å². The van der Waals surface area contributed by atoms with Gasteiger partial charge in [-0.25, -0.2) is 4.79 Å². The van der Waals surface area contributed by atoms with Crippen LogP contribution in [0.2, 0.25) is 0 Å². The minimum Gasteiger partial charge on any atom is -0.478 e. The van der Waals surface area contributed by atoms with Crippen LogP contribution in [0.5, 0.6) is 0 Å². The summed E-state index contributed by atoms with van der Waals surface area (Å²) in [5, 5.41) is 33.1. The lowest BCUT2D eigenvalue weighted by Crippen LogP contribution is -2.43. The molecule has 2 aromatic rings. The first-order chi connectivity index (χ1) is 13.8. The lowest BCUT2D eigenvalue weighted by Gasteiger charge is -2.16. The second-order valence-corrected chi connectivity index (χ2v) is 5.80. The number of anilines is 1. The molecule has 2 amide bonds. The molecule has 1 aromatic heterocycles. The third-order valence-corrected chi connectivity index (χ3v) is 3.69. The van der Waals surface area contributed by atoms with E-state index in [1.165, 1.54) is 42.6 Å². The summed E-state index contributed by atoms with van der Waals surface area (Å²) in [6.07, 6.45) is 0.866. The molecule has 148 valence electrons. The van der Waals surface area contributed by atoms with Crippen molar-refractivity contribution in [3.63, 3.8) is 0 Å². The molecule has 0 spiro atoms. The summed E-state index contributed by atoms with van der Waals surface area (Å²) in [6, 6.07) is 8.61. The van der Waals surface area contributed by atoms with Gasteiger partial charge in [-0.05, 0) is 36.4 Å². The molecule has 0 radical (unpaired) electrons. The quantitative estimate of drug-likeness (QED) is 0.440. The zero-order valence-corrected chi connectivity index (χ0v) is 14.9. The minimum absolute atomic E-state index is 0.0384. The maximum absolute atomic E-state index is 12.4. The molecule has 0 unspecified atom stereocenters. The molecule has 1 heterocycles. The van der Waals surface area contributed by atoms with Gasteiger partial charge in [0, 0.05) is 22.4 Å². The Kier molecular flexibility index (Phi) is 6.92. The van der Waals surface area contributed by atoms with E-state index in [1.54, 1.807) is 6.07 Å². The van der Waals surface area contributed by atoms with Crippen LogP contribution in [0.4, 0.5) is 5.69 Å². The molecule has 0 aliphatic carbocycles. The Morgan fingerprint density at radius 3 is 2.41 bits per heavy atom. The highest BCUT2D eigenvalue weighted by molar-refractivity contribution is 6.00. The van der Waals surface area contributed by atoms with Crippen LogP contribution in [0.25, 0.3) is 0 Å². The van der Waals surface area contributed by atoms with Crippen molar-refractivity contribution in [2.75, 3.05) is 5.32 Å². The van der Waals surface area contributed by atoms with Gasteiger partial charge in [-0.2, -0.15) is 5.26 Å². The number of aromatic carboxylic acids is 1. The van der Waals surface area contributed by atoms with E-state index < -0.39 is 35.3 Å². The first-order valence-corrected chi connectivity index (χ1v) is 8.19. The van der Waals surface area contributed by atoms with Gasteiger partial charge in [0.1, 0.15) is 11.7 Å². The van der Waals surface area contributed by atoms with Crippen LogP contribution in [0.1, 0.15) is 32.8 Å². The van der Waals surface area contributed by atoms with E-state index in [9.17, 15) is 24.5 Å². The summed E-state index contributed by atoms with van der Waals surface area (Å²) in [6.45, 7) is -0.435. The lowest BCUT2D eigenvalue weighted by atomic mass is 10.1. The number of carboxylic acids is 1. The molecule has 0 fully saturated rings. The molecule has 0 aliphatic heterocycles. The Labute approximate surface area is 164 Å². The second-order valence-electron chi connectivity index (χ2n) is 5.80. The summed E-state index contributed by atoms with van der Waals surface area (Å²) in [5.41, 5.74) is 0.567. The standard InChI is InChI=1S/C18H15N5O6/c19-8-7-15(17(25)21-13-4-2-12(3-5-13)18(26)27)22-16(24)14-6-1-11(9-20-14)10-23(28)29/h1-6,9,15H,7,10H2,(H,21,25)(H,22,24)(H,26,27)/t15-/m0/s1. The largest absolute Gasteiger partial charge is 0.478 e. The topological polar surface area (TPSA) is 175 Å². The van der Waals surface area contributed by atoms with E-state index >= 15 is 0 Å². The van der Waals surface area contributed by atoms with Crippen LogP contribution in [-0.4, -0.2) is 38.8 Å². The summed E-state index contributed by atoms with van der Waals surface area (Å²) in [5.74, 6) is -2.52. The molecule has 11 nitrogen and oxygen atoms in total. The van der Waals surface area contributed by atoms with Crippen molar-refractivity contribution < 1.29 is 24.4 Å². The number of pyridine rings is 1. The van der Waals surface area contributed by atoms with Crippen LogP contribution >= 0.6 is 0 Å². The van der Waals surface area contributed by atoms with E-state index in [2.05, 4.69) is 15.6 Å². The highest BCUT2D eigenvalue weighted by Crippen LogP contribution is 2.11. The molecule has 1 aromatic carbocycles. The molecule has 0 saturated carbocycles. The zero-order valence-electron chi connectivity index (χ0n) is 14.9. The van der Waals surface area contributed by atoms with Gasteiger partial charge in [0.25, 0.3) is 5.91 Å². The van der Waals surface area contributed by atoms with Crippen molar-refractivity contribution in [1.29, 1.82) is 5.26 Å². The van der Waals surface area contributed by atoms with Gasteiger partial charge in [-0.1, -0.05) is 0 Å². The summed E-state index contributed by atoms with van der Waals surface area (Å²) >= 11 is 0. The fraction of sp³-hybridized carbons (Fsp3) is 0.167. The normalized spacial score (nSPS) is 11.0. The molecule has 1 atom stereocenters. The fourth-order valence-corrected chi connectivity index (χ4v) is 2.26. The Balaban J connectivity index is 2.05. The average Bonchev–Trinajstić information content (AvgIpc) is 2.68. The number of amides is 2. The Hall–Kier alpha value is -4.33. The van der Waals surface area contributed by atoms with Gasteiger partial charge in [0.05, 0.1) is 18.1 Å².